The van der Waals surface area contributed by atoms with E-state index in [1.165, 1.54) is 56.8 Å². The SMILES string of the molecule is CC1CCCN1CCNC1CCSCC1. The number of nitrogens with one attached hydrogen (secondary N) is 1. The number of likely N-dealkylation sites (tertiary alicyclic amines) is 1. The third-order valence-electron chi connectivity index (χ3n) is 3.74. The highest BCUT2D eigenvalue weighted by Gasteiger charge is 2.20. The van der Waals surface area contributed by atoms with Crippen molar-refractivity contribution in [2.24, 2.45) is 0 Å². The summed E-state index contributed by atoms with van der Waals surface area (Å²) in [6.07, 6.45) is 5.56. The fraction of sp³-hybridized carbons (Fsp3) is 1.00. The van der Waals surface area contributed by atoms with Crippen LogP contribution in [0.2, 0.25) is 0 Å². The Labute approximate surface area is 98.2 Å². The standard InChI is InChI=1S/C12H24N2S/c1-11-3-2-7-14(11)8-6-13-12-4-9-15-10-5-12/h11-13H,2-10H2,1H3. The van der Waals surface area contributed by atoms with E-state index in [0.717, 1.165) is 12.1 Å². The van der Waals surface area contributed by atoms with Crippen molar-refractivity contribution in [3.63, 3.8) is 0 Å². The molecule has 2 aliphatic heterocycles. The summed E-state index contributed by atoms with van der Waals surface area (Å²) in [5, 5.41) is 3.71. The Morgan fingerprint density at radius 2 is 2.07 bits per heavy atom. The van der Waals surface area contributed by atoms with Crippen molar-refractivity contribution in [1.82, 2.24) is 10.2 Å². The van der Waals surface area contributed by atoms with E-state index in [4.69, 9.17) is 0 Å². The minimum atomic E-state index is 0.809. The number of hydrogen-bond acceptors (Lipinski definition) is 3. The van der Waals surface area contributed by atoms with Gasteiger partial charge in [-0.15, -0.1) is 0 Å². The highest BCUT2D eigenvalue weighted by Crippen LogP contribution is 2.17. The summed E-state index contributed by atoms with van der Waals surface area (Å²) in [4.78, 5) is 2.63. The summed E-state index contributed by atoms with van der Waals surface area (Å²) in [7, 11) is 0. The van der Waals surface area contributed by atoms with Gasteiger partial charge in [0.05, 0.1) is 0 Å². The highest BCUT2D eigenvalue weighted by molar-refractivity contribution is 7.99. The Morgan fingerprint density at radius 3 is 2.73 bits per heavy atom. The molecule has 0 aromatic rings. The van der Waals surface area contributed by atoms with Gasteiger partial charge in [-0.1, -0.05) is 0 Å². The van der Waals surface area contributed by atoms with Crippen LogP contribution < -0.4 is 5.32 Å². The summed E-state index contributed by atoms with van der Waals surface area (Å²) in [6.45, 7) is 6.14. The molecule has 3 heteroatoms. The highest BCUT2D eigenvalue weighted by atomic mass is 32.2. The van der Waals surface area contributed by atoms with Crippen LogP contribution in [0.3, 0.4) is 0 Å². The van der Waals surface area contributed by atoms with Crippen LogP contribution in [-0.2, 0) is 0 Å². The second-order valence-corrected chi connectivity index (χ2v) is 6.09. The molecule has 0 aromatic heterocycles. The number of nitrogens with zero attached hydrogens (tertiary/aromatic N) is 1. The largest absolute Gasteiger partial charge is 0.313 e. The lowest BCUT2D eigenvalue weighted by atomic mass is 10.1. The number of rotatable bonds is 4. The van der Waals surface area contributed by atoms with Gasteiger partial charge < -0.3 is 5.32 Å². The maximum absolute atomic E-state index is 3.71. The molecule has 2 rings (SSSR count). The van der Waals surface area contributed by atoms with Gasteiger partial charge in [-0.2, -0.15) is 11.8 Å². The molecule has 88 valence electrons. The average Bonchev–Trinajstić information content (AvgIpc) is 2.66. The van der Waals surface area contributed by atoms with Gasteiger partial charge >= 0.3 is 0 Å². The summed E-state index contributed by atoms with van der Waals surface area (Å²) in [5.74, 6) is 2.72. The van der Waals surface area contributed by atoms with Crippen molar-refractivity contribution >= 4 is 11.8 Å². The first kappa shape index (κ1) is 11.7. The third-order valence-corrected chi connectivity index (χ3v) is 4.79. The van der Waals surface area contributed by atoms with Crippen molar-refractivity contribution in [3.8, 4) is 0 Å². The van der Waals surface area contributed by atoms with E-state index < -0.39 is 0 Å². The van der Waals surface area contributed by atoms with Crippen LogP contribution in [0.5, 0.6) is 0 Å². The van der Waals surface area contributed by atoms with E-state index in [9.17, 15) is 0 Å². The smallest absolute Gasteiger partial charge is 0.0110 e. The molecule has 1 atom stereocenters. The number of hydrogen-bond donors (Lipinski definition) is 1. The topological polar surface area (TPSA) is 15.3 Å². The molecule has 2 heterocycles. The van der Waals surface area contributed by atoms with Gasteiger partial charge in [0, 0.05) is 25.2 Å². The maximum atomic E-state index is 3.71. The van der Waals surface area contributed by atoms with Gasteiger partial charge in [0.1, 0.15) is 0 Å². The van der Waals surface area contributed by atoms with Crippen molar-refractivity contribution in [2.45, 2.75) is 44.7 Å². The van der Waals surface area contributed by atoms with Gasteiger partial charge in [0.25, 0.3) is 0 Å². The predicted molar refractivity (Wildman–Crippen MR) is 68.6 cm³/mol. The molecule has 1 N–H and O–H groups in total. The summed E-state index contributed by atoms with van der Waals surface area (Å²) in [6, 6.07) is 1.64. The Balaban J connectivity index is 1.57. The lowest BCUT2D eigenvalue weighted by molar-refractivity contribution is 0.262. The third kappa shape index (κ3) is 3.65. The van der Waals surface area contributed by atoms with Gasteiger partial charge in [-0.3, -0.25) is 4.90 Å². The van der Waals surface area contributed by atoms with E-state index >= 15 is 0 Å². The molecule has 2 fully saturated rings. The predicted octanol–water partition coefficient (Wildman–Crippen LogP) is 1.96. The van der Waals surface area contributed by atoms with Crippen LogP contribution >= 0.6 is 11.8 Å². The van der Waals surface area contributed by atoms with E-state index in [2.05, 4.69) is 28.9 Å². The Morgan fingerprint density at radius 1 is 1.27 bits per heavy atom. The molecule has 0 bridgehead atoms. The van der Waals surface area contributed by atoms with Crippen molar-refractivity contribution in [1.29, 1.82) is 0 Å². The quantitative estimate of drug-likeness (QED) is 0.792. The molecule has 2 saturated heterocycles. The van der Waals surface area contributed by atoms with Crippen LogP contribution in [0, 0.1) is 0 Å². The molecule has 1 unspecified atom stereocenters. The minimum absolute atomic E-state index is 0.809. The van der Waals surface area contributed by atoms with Crippen LogP contribution in [0.1, 0.15) is 32.6 Å². The van der Waals surface area contributed by atoms with E-state index in [0.29, 0.717) is 0 Å². The van der Waals surface area contributed by atoms with Gasteiger partial charge in [0.15, 0.2) is 0 Å². The van der Waals surface area contributed by atoms with Crippen molar-refractivity contribution in [3.05, 3.63) is 0 Å². The summed E-state index contributed by atoms with van der Waals surface area (Å²) >= 11 is 2.11. The number of thioether (sulfide) groups is 1. The van der Waals surface area contributed by atoms with Crippen LogP contribution in [0.25, 0.3) is 0 Å². The van der Waals surface area contributed by atoms with Gasteiger partial charge in [-0.25, -0.2) is 0 Å². The summed E-state index contributed by atoms with van der Waals surface area (Å²) < 4.78 is 0. The van der Waals surface area contributed by atoms with Gasteiger partial charge in [0.2, 0.25) is 0 Å². The molecular weight excluding hydrogens is 204 g/mol. The molecule has 2 aliphatic rings. The van der Waals surface area contributed by atoms with Gasteiger partial charge in [-0.05, 0) is 50.7 Å². The van der Waals surface area contributed by atoms with E-state index in [1.807, 2.05) is 0 Å². The average molecular weight is 228 g/mol. The maximum Gasteiger partial charge on any atom is 0.0110 e. The molecule has 15 heavy (non-hydrogen) atoms. The lowest BCUT2D eigenvalue weighted by Crippen LogP contribution is -2.39. The van der Waals surface area contributed by atoms with E-state index in [1.54, 1.807) is 0 Å². The molecule has 0 aromatic carbocycles. The zero-order valence-electron chi connectivity index (χ0n) is 9.87. The molecule has 0 spiro atoms. The van der Waals surface area contributed by atoms with Crippen molar-refractivity contribution < 1.29 is 0 Å². The molecule has 0 amide bonds. The minimum Gasteiger partial charge on any atom is -0.313 e. The lowest BCUT2D eigenvalue weighted by Gasteiger charge is -2.25. The van der Waals surface area contributed by atoms with Crippen LogP contribution in [0.4, 0.5) is 0 Å². The zero-order chi connectivity index (χ0) is 10.5. The van der Waals surface area contributed by atoms with E-state index in [-0.39, 0.29) is 0 Å². The van der Waals surface area contributed by atoms with Crippen LogP contribution in [-0.4, -0.2) is 48.1 Å². The van der Waals surface area contributed by atoms with Crippen LogP contribution in [0.15, 0.2) is 0 Å². The Bertz CT molecular complexity index is 180. The first-order chi connectivity index (χ1) is 7.36. The Hall–Kier alpha value is 0.270. The second kappa shape index (κ2) is 6.12. The monoisotopic (exact) mass is 228 g/mol. The zero-order valence-corrected chi connectivity index (χ0v) is 10.7. The van der Waals surface area contributed by atoms with Crippen molar-refractivity contribution in [2.75, 3.05) is 31.1 Å². The first-order valence-electron chi connectivity index (χ1n) is 6.41. The second-order valence-electron chi connectivity index (χ2n) is 4.87. The molecule has 2 nitrogen and oxygen atoms in total. The normalized spacial score (nSPS) is 29.8. The molecule has 0 radical (unpaired) electrons. The Kier molecular flexibility index (Phi) is 4.79. The fourth-order valence-corrected chi connectivity index (χ4v) is 3.75. The fourth-order valence-electron chi connectivity index (χ4n) is 2.64. The molecule has 0 aliphatic carbocycles. The molecule has 0 saturated carbocycles. The summed E-state index contributed by atoms with van der Waals surface area (Å²) in [5.41, 5.74) is 0. The first-order valence-corrected chi connectivity index (χ1v) is 7.57. The molecular formula is C12H24N2S.